The maximum Gasteiger partial charge on any atom is 0.328 e. The van der Waals surface area contributed by atoms with Crippen LogP contribution < -0.4 is 21.7 Å². The number of carboxylic acids is 3. The SMILES string of the molecule is CC(O)C(NC(=O)C(NC(=O)C(CCC(=O)O)NC(=O)C(N)CCC(=O)O)C(C)O)C(=O)O. The maximum absolute atomic E-state index is 12.6. The summed E-state index contributed by atoms with van der Waals surface area (Å²) in [6.45, 7) is 2.20. The number of rotatable bonds is 15. The summed E-state index contributed by atoms with van der Waals surface area (Å²) in [7, 11) is 0. The number of hydrogen-bond donors (Lipinski definition) is 9. The van der Waals surface area contributed by atoms with Crippen molar-refractivity contribution >= 4 is 35.6 Å². The first-order chi connectivity index (χ1) is 15.2. The topological polar surface area (TPSA) is 266 Å². The van der Waals surface area contributed by atoms with Gasteiger partial charge in [0.1, 0.15) is 12.1 Å². The first-order valence-corrected chi connectivity index (χ1v) is 9.86. The number of aliphatic hydroxyl groups is 2. The highest BCUT2D eigenvalue weighted by atomic mass is 16.4. The van der Waals surface area contributed by atoms with Crippen molar-refractivity contribution in [2.45, 2.75) is 75.9 Å². The van der Waals surface area contributed by atoms with E-state index in [4.69, 9.17) is 21.1 Å². The van der Waals surface area contributed by atoms with E-state index in [9.17, 15) is 39.0 Å². The van der Waals surface area contributed by atoms with E-state index >= 15 is 0 Å². The largest absolute Gasteiger partial charge is 0.481 e. The number of amides is 3. The average Bonchev–Trinajstić information content (AvgIpc) is 2.69. The molecule has 0 bridgehead atoms. The lowest BCUT2D eigenvalue weighted by atomic mass is 10.1. The lowest BCUT2D eigenvalue weighted by Crippen LogP contribution is -2.60. The van der Waals surface area contributed by atoms with Crippen molar-refractivity contribution in [1.82, 2.24) is 16.0 Å². The molecule has 188 valence electrons. The van der Waals surface area contributed by atoms with Crippen molar-refractivity contribution in [3.05, 3.63) is 0 Å². The van der Waals surface area contributed by atoms with Crippen LogP contribution in [0.4, 0.5) is 0 Å². The Balaban J connectivity index is 5.46. The molecule has 0 heterocycles. The fourth-order valence-electron chi connectivity index (χ4n) is 2.52. The first-order valence-electron chi connectivity index (χ1n) is 9.86. The van der Waals surface area contributed by atoms with E-state index in [-0.39, 0.29) is 6.42 Å². The minimum absolute atomic E-state index is 0.261. The molecule has 0 aromatic rings. The minimum atomic E-state index is -1.75. The van der Waals surface area contributed by atoms with Crippen molar-refractivity contribution in [2.24, 2.45) is 5.73 Å². The number of carbonyl (C=O) groups is 6. The molecule has 0 fully saturated rings. The van der Waals surface area contributed by atoms with Gasteiger partial charge in [-0.15, -0.1) is 0 Å². The van der Waals surface area contributed by atoms with E-state index < -0.39 is 91.3 Å². The van der Waals surface area contributed by atoms with Crippen molar-refractivity contribution in [1.29, 1.82) is 0 Å². The number of nitrogens with one attached hydrogen (secondary N) is 3. The molecule has 0 rings (SSSR count). The fourth-order valence-corrected chi connectivity index (χ4v) is 2.52. The van der Waals surface area contributed by atoms with Gasteiger partial charge in [-0.05, 0) is 26.7 Å². The van der Waals surface area contributed by atoms with Gasteiger partial charge >= 0.3 is 17.9 Å². The van der Waals surface area contributed by atoms with Gasteiger partial charge in [0, 0.05) is 12.8 Å². The summed E-state index contributed by atoms with van der Waals surface area (Å²) >= 11 is 0. The molecule has 15 nitrogen and oxygen atoms in total. The lowest BCUT2D eigenvalue weighted by Gasteiger charge is -2.27. The standard InChI is InChI=1S/C18H30N4O11/c1-7(23)13(17(31)22-14(8(2)24)18(32)33)21-16(30)10(4-6-12(27)28)20-15(29)9(19)3-5-11(25)26/h7-10,13-14,23-24H,3-6,19H2,1-2H3,(H,20,29)(H,21,30)(H,22,31)(H,25,26)(H,27,28)(H,32,33). The number of aliphatic carboxylic acids is 3. The zero-order valence-electron chi connectivity index (χ0n) is 18.1. The Bertz CT molecular complexity index is 741. The molecule has 15 heteroatoms. The zero-order valence-corrected chi connectivity index (χ0v) is 18.1. The van der Waals surface area contributed by atoms with Gasteiger partial charge in [0.05, 0.1) is 18.2 Å². The van der Waals surface area contributed by atoms with Gasteiger partial charge in [0.15, 0.2) is 6.04 Å². The van der Waals surface area contributed by atoms with Gasteiger partial charge in [-0.2, -0.15) is 0 Å². The highest BCUT2D eigenvalue weighted by molar-refractivity contribution is 5.94. The zero-order chi connectivity index (χ0) is 25.9. The Morgan fingerprint density at radius 3 is 1.58 bits per heavy atom. The first kappa shape index (κ1) is 29.7. The second-order valence-corrected chi connectivity index (χ2v) is 7.32. The molecule has 10 N–H and O–H groups in total. The third-order valence-corrected chi connectivity index (χ3v) is 4.39. The fraction of sp³-hybridized carbons (Fsp3) is 0.667. The Morgan fingerprint density at radius 2 is 1.15 bits per heavy atom. The number of hydrogen-bond acceptors (Lipinski definition) is 9. The van der Waals surface area contributed by atoms with Crippen LogP contribution in [-0.4, -0.2) is 97.5 Å². The van der Waals surface area contributed by atoms with Gasteiger partial charge in [-0.1, -0.05) is 0 Å². The highest BCUT2D eigenvalue weighted by Gasteiger charge is 2.34. The minimum Gasteiger partial charge on any atom is -0.481 e. The van der Waals surface area contributed by atoms with Crippen LogP contribution in [0.25, 0.3) is 0 Å². The van der Waals surface area contributed by atoms with Crippen LogP contribution in [0.15, 0.2) is 0 Å². The molecular weight excluding hydrogens is 448 g/mol. The summed E-state index contributed by atoms with van der Waals surface area (Å²) in [4.78, 5) is 69.9. The van der Waals surface area contributed by atoms with Crippen molar-refractivity contribution in [3.63, 3.8) is 0 Å². The Morgan fingerprint density at radius 1 is 0.697 bits per heavy atom. The number of nitrogens with two attached hydrogens (primary N) is 1. The van der Waals surface area contributed by atoms with Crippen LogP contribution in [0, 0.1) is 0 Å². The molecule has 0 aliphatic rings. The normalized spacial score (nSPS) is 16.3. The van der Waals surface area contributed by atoms with E-state index in [0.717, 1.165) is 13.8 Å². The van der Waals surface area contributed by atoms with Gasteiger partial charge in [0.2, 0.25) is 17.7 Å². The number of carboxylic acid groups (broad SMARTS) is 3. The third-order valence-electron chi connectivity index (χ3n) is 4.39. The van der Waals surface area contributed by atoms with Crippen LogP contribution in [0.2, 0.25) is 0 Å². The summed E-state index contributed by atoms with van der Waals surface area (Å²) < 4.78 is 0. The molecular formula is C18H30N4O11. The van der Waals surface area contributed by atoms with Crippen LogP contribution >= 0.6 is 0 Å². The molecule has 6 atom stereocenters. The molecule has 0 spiro atoms. The summed E-state index contributed by atoms with van der Waals surface area (Å²) in [5.74, 6) is -7.27. The van der Waals surface area contributed by atoms with Crippen molar-refractivity contribution in [3.8, 4) is 0 Å². The maximum atomic E-state index is 12.6. The molecule has 33 heavy (non-hydrogen) atoms. The van der Waals surface area contributed by atoms with Crippen molar-refractivity contribution < 1.29 is 54.3 Å². The summed E-state index contributed by atoms with van der Waals surface area (Å²) in [5.41, 5.74) is 5.57. The average molecular weight is 478 g/mol. The Labute approximate surface area is 188 Å². The van der Waals surface area contributed by atoms with Gasteiger partial charge < -0.3 is 47.2 Å². The number of carbonyl (C=O) groups excluding carboxylic acids is 3. The Kier molecular flexibility index (Phi) is 12.6. The predicted octanol–water partition coefficient (Wildman–Crippen LogP) is -3.66. The van der Waals surface area contributed by atoms with Crippen LogP contribution in [-0.2, 0) is 28.8 Å². The molecule has 0 aliphatic carbocycles. The van der Waals surface area contributed by atoms with E-state index in [2.05, 4.69) is 10.6 Å². The summed E-state index contributed by atoms with van der Waals surface area (Å²) in [6.07, 6.45) is -4.75. The van der Waals surface area contributed by atoms with Crippen molar-refractivity contribution in [2.75, 3.05) is 0 Å². The molecule has 6 unspecified atom stereocenters. The van der Waals surface area contributed by atoms with Gasteiger partial charge in [0.25, 0.3) is 0 Å². The molecule has 0 saturated carbocycles. The molecule has 0 saturated heterocycles. The highest BCUT2D eigenvalue weighted by Crippen LogP contribution is 2.04. The Hall–Kier alpha value is -3.30. The van der Waals surface area contributed by atoms with E-state index in [1.165, 1.54) is 0 Å². The number of aliphatic hydroxyl groups excluding tert-OH is 2. The molecule has 3 amide bonds. The molecule has 0 aromatic heterocycles. The van der Waals surface area contributed by atoms with E-state index in [0.29, 0.717) is 0 Å². The molecule has 0 aliphatic heterocycles. The van der Waals surface area contributed by atoms with Crippen LogP contribution in [0.3, 0.4) is 0 Å². The quantitative estimate of drug-likeness (QED) is 0.110. The van der Waals surface area contributed by atoms with E-state index in [1.807, 2.05) is 5.32 Å². The van der Waals surface area contributed by atoms with Gasteiger partial charge in [-0.25, -0.2) is 4.79 Å². The van der Waals surface area contributed by atoms with Crippen LogP contribution in [0.1, 0.15) is 39.5 Å². The second-order valence-electron chi connectivity index (χ2n) is 7.32. The summed E-state index contributed by atoms with van der Waals surface area (Å²) in [5, 5.41) is 52.2. The molecule has 0 aromatic carbocycles. The lowest BCUT2D eigenvalue weighted by molar-refractivity contribution is -0.146. The van der Waals surface area contributed by atoms with Crippen LogP contribution in [0.5, 0.6) is 0 Å². The molecule has 0 radical (unpaired) electrons. The van der Waals surface area contributed by atoms with E-state index in [1.54, 1.807) is 0 Å². The second kappa shape index (κ2) is 14.0. The predicted molar refractivity (Wildman–Crippen MR) is 109 cm³/mol. The summed E-state index contributed by atoms with van der Waals surface area (Å²) in [6, 6.07) is -6.31. The monoisotopic (exact) mass is 478 g/mol. The smallest absolute Gasteiger partial charge is 0.328 e. The van der Waals surface area contributed by atoms with Gasteiger partial charge in [-0.3, -0.25) is 24.0 Å². The third kappa shape index (κ3) is 11.2.